The Hall–Kier alpha value is -2.08. The number of hydrogen-bond acceptors (Lipinski definition) is 5. The minimum absolute atomic E-state index is 0.0134. The Kier molecular flexibility index (Phi) is 5.98. The quantitative estimate of drug-likeness (QED) is 0.779. The first-order chi connectivity index (χ1) is 11.1. The van der Waals surface area contributed by atoms with Crippen LogP contribution in [0.5, 0.6) is 11.5 Å². The maximum atomic E-state index is 12.6. The Bertz CT molecular complexity index is 670. The molecule has 0 saturated carbocycles. The lowest BCUT2D eigenvalue weighted by Gasteiger charge is -2.20. The number of methoxy groups -OCH3 is 2. The zero-order valence-electron chi connectivity index (χ0n) is 14.0. The molecular weight excluding hydrogens is 312 g/mol. The van der Waals surface area contributed by atoms with Gasteiger partial charge in [-0.2, -0.15) is 0 Å². The molecule has 0 radical (unpaired) electrons. The summed E-state index contributed by atoms with van der Waals surface area (Å²) in [6.07, 6.45) is 2.52. The van der Waals surface area contributed by atoms with E-state index < -0.39 is 0 Å². The highest BCUT2D eigenvalue weighted by Gasteiger charge is 2.18. The van der Waals surface area contributed by atoms with Gasteiger partial charge in [-0.05, 0) is 31.0 Å². The third-order valence-corrected chi connectivity index (χ3v) is 4.69. The van der Waals surface area contributed by atoms with Crippen LogP contribution in [-0.4, -0.2) is 36.6 Å². The lowest BCUT2D eigenvalue weighted by atomic mass is 10.2. The van der Waals surface area contributed by atoms with Gasteiger partial charge in [0.25, 0.3) is 5.91 Å². The van der Waals surface area contributed by atoms with Gasteiger partial charge in [0.15, 0.2) is 11.5 Å². The Balaban J connectivity index is 2.17. The van der Waals surface area contributed by atoms with Crippen molar-refractivity contribution in [3.8, 4) is 11.5 Å². The number of aromatic nitrogens is 1. The molecule has 0 N–H and O–H groups in total. The summed E-state index contributed by atoms with van der Waals surface area (Å²) in [6, 6.07) is 5.70. The molecule has 5 nitrogen and oxygen atoms in total. The van der Waals surface area contributed by atoms with Crippen LogP contribution in [0.3, 0.4) is 0 Å². The van der Waals surface area contributed by atoms with Crippen molar-refractivity contribution in [2.24, 2.45) is 0 Å². The summed E-state index contributed by atoms with van der Waals surface area (Å²) < 4.78 is 10.6. The van der Waals surface area contributed by atoms with Crippen LogP contribution < -0.4 is 9.47 Å². The fourth-order valence-corrected chi connectivity index (χ4v) is 3.08. The van der Waals surface area contributed by atoms with Crippen molar-refractivity contribution in [1.29, 1.82) is 0 Å². The number of carbonyl (C=O) groups is 1. The molecule has 124 valence electrons. The van der Waals surface area contributed by atoms with Gasteiger partial charge in [0, 0.05) is 13.1 Å². The lowest BCUT2D eigenvalue weighted by molar-refractivity contribution is 0.0757. The number of amides is 1. The first-order valence-corrected chi connectivity index (χ1v) is 8.39. The van der Waals surface area contributed by atoms with Crippen molar-refractivity contribution in [3.05, 3.63) is 39.8 Å². The zero-order valence-corrected chi connectivity index (χ0v) is 14.8. The second-order valence-electron chi connectivity index (χ2n) is 4.98. The molecule has 23 heavy (non-hydrogen) atoms. The molecule has 1 heterocycles. The number of ether oxygens (including phenoxy) is 2. The van der Waals surface area contributed by atoms with Crippen molar-refractivity contribution in [2.75, 3.05) is 20.8 Å². The highest BCUT2D eigenvalue weighted by Crippen LogP contribution is 2.28. The van der Waals surface area contributed by atoms with Gasteiger partial charge in [0.05, 0.1) is 25.4 Å². The van der Waals surface area contributed by atoms with Gasteiger partial charge in [-0.1, -0.05) is 13.0 Å². The van der Waals surface area contributed by atoms with Gasteiger partial charge in [-0.3, -0.25) is 4.79 Å². The molecule has 0 aliphatic heterocycles. The van der Waals surface area contributed by atoms with E-state index in [2.05, 4.69) is 4.98 Å². The second kappa shape index (κ2) is 7.97. The maximum absolute atomic E-state index is 12.6. The SMILES string of the molecule is CCc1ncc(C(=O)N(CC)Cc2ccc(OC)c(OC)c2)s1. The molecule has 0 spiro atoms. The molecule has 1 amide bonds. The van der Waals surface area contributed by atoms with Gasteiger partial charge >= 0.3 is 0 Å². The Morgan fingerprint density at radius 1 is 1.22 bits per heavy atom. The molecular formula is C17H22N2O3S. The van der Waals surface area contributed by atoms with Gasteiger partial charge in [-0.25, -0.2) is 4.98 Å². The first-order valence-electron chi connectivity index (χ1n) is 7.57. The standard InChI is InChI=1S/C17H22N2O3S/c1-5-16-18-10-15(23-16)17(20)19(6-2)11-12-7-8-13(21-3)14(9-12)22-4/h7-10H,5-6,11H2,1-4H3. The van der Waals surface area contributed by atoms with E-state index in [1.165, 1.54) is 11.3 Å². The fourth-order valence-electron chi connectivity index (χ4n) is 2.26. The van der Waals surface area contributed by atoms with Crippen LogP contribution in [0.25, 0.3) is 0 Å². The number of aryl methyl sites for hydroxylation is 1. The van der Waals surface area contributed by atoms with Crippen LogP contribution in [0.1, 0.15) is 34.1 Å². The van der Waals surface area contributed by atoms with Crippen LogP contribution >= 0.6 is 11.3 Å². The minimum atomic E-state index is 0.0134. The minimum Gasteiger partial charge on any atom is -0.493 e. The first kappa shape index (κ1) is 17.3. The summed E-state index contributed by atoms with van der Waals surface area (Å²) in [4.78, 5) is 19.4. The summed E-state index contributed by atoms with van der Waals surface area (Å²) in [6.45, 7) is 5.16. The van der Waals surface area contributed by atoms with E-state index in [0.29, 0.717) is 29.5 Å². The molecule has 0 aliphatic rings. The number of hydrogen-bond donors (Lipinski definition) is 0. The number of rotatable bonds is 7. The smallest absolute Gasteiger partial charge is 0.265 e. The largest absolute Gasteiger partial charge is 0.493 e. The van der Waals surface area contributed by atoms with Crippen molar-refractivity contribution >= 4 is 17.2 Å². The summed E-state index contributed by atoms with van der Waals surface area (Å²) in [5.74, 6) is 1.36. The molecule has 0 fully saturated rings. The molecule has 6 heteroatoms. The molecule has 0 unspecified atom stereocenters. The van der Waals surface area contributed by atoms with E-state index in [0.717, 1.165) is 17.0 Å². The van der Waals surface area contributed by atoms with Crippen molar-refractivity contribution in [2.45, 2.75) is 26.8 Å². The van der Waals surface area contributed by atoms with Crippen molar-refractivity contribution in [1.82, 2.24) is 9.88 Å². The third-order valence-electron chi connectivity index (χ3n) is 3.56. The van der Waals surface area contributed by atoms with E-state index in [-0.39, 0.29) is 5.91 Å². The van der Waals surface area contributed by atoms with E-state index in [9.17, 15) is 4.79 Å². The third kappa shape index (κ3) is 4.01. The van der Waals surface area contributed by atoms with E-state index in [1.54, 1.807) is 25.3 Å². The maximum Gasteiger partial charge on any atom is 0.265 e. The fraction of sp³-hybridized carbons (Fsp3) is 0.412. The molecule has 0 bridgehead atoms. The molecule has 1 aromatic heterocycles. The van der Waals surface area contributed by atoms with Crippen molar-refractivity contribution in [3.63, 3.8) is 0 Å². The molecule has 2 aromatic rings. The predicted molar refractivity (Wildman–Crippen MR) is 91.5 cm³/mol. The average molecular weight is 334 g/mol. The summed E-state index contributed by atoms with van der Waals surface area (Å²) in [5.41, 5.74) is 0.998. The monoisotopic (exact) mass is 334 g/mol. The molecule has 0 atom stereocenters. The lowest BCUT2D eigenvalue weighted by Crippen LogP contribution is -2.29. The Morgan fingerprint density at radius 2 is 1.96 bits per heavy atom. The summed E-state index contributed by atoms with van der Waals surface area (Å²) in [5, 5.41) is 0.982. The number of nitrogens with zero attached hydrogens (tertiary/aromatic N) is 2. The summed E-state index contributed by atoms with van der Waals surface area (Å²) >= 11 is 1.46. The van der Waals surface area contributed by atoms with Crippen LogP contribution in [0.2, 0.25) is 0 Å². The summed E-state index contributed by atoms with van der Waals surface area (Å²) in [7, 11) is 3.21. The van der Waals surface area contributed by atoms with Crippen LogP contribution in [0.15, 0.2) is 24.4 Å². The van der Waals surface area contributed by atoms with E-state index in [4.69, 9.17) is 9.47 Å². The Labute approximate surface area is 140 Å². The molecule has 2 rings (SSSR count). The number of thiazole rings is 1. The van der Waals surface area contributed by atoms with Gasteiger partial charge in [0.2, 0.25) is 0 Å². The Morgan fingerprint density at radius 3 is 2.52 bits per heavy atom. The molecule has 0 saturated heterocycles. The average Bonchev–Trinajstić information content (AvgIpc) is 3.07. The predicted octanol–water partition coefficient (Wildman–Crippen LogP) is 3.39. The molecule has 1 aromatic carbocycles. The van der Waals surface area contributed by atoms with Crippen LogP contribution in [-0.2, 0) is 13.0 Å². The van der Waals surface area contributed by atoms with Crippen LogP contribution in [0.4, 0.5) is 0 Å². The highest BCUT2D eigenvalue weighted by molar-refractivity contribution is 7.13. The van der Waals surface area contributed by atoms with Crippen LogP contribution in [0, 0.1) is 0 Å². The highest BCUT2D eigenvalue weighted by atomic mass is 32.1. The normalized spacial score (nSPS) is 10.4. The van der Waals surface area contributed by atoms with Crippen molar-refractivity contribution < 1.29 is 14.3 Å². The topological polar surface area (TPSA) is 51.7 Å². The van der Waals surface area contributed by atoms with Gasteiger partial charge in [0.1, 0.15) is 4.88 Å². The van der Waals surface area contributed by atoms with Gasteiger partial charge in [-0.15, -0.1) is 11.3 Å². The van der Waals surface area contributed by atoms with E-state index >= 15 is 0 Å². The zero-order chi connectivity index (χ0) is 16.8. The number of carbonyl (C=O) groups excluding carboxylic acids is 1. The molecule has 0 aliphatic carbocycles. The number of benzene rings is 1. The van der Waals surface area contributed by atoms with E-state index in [1.807, 2.05) is 32.0 Å². The van der Waals surface area contributed by atoms with Gasteiger partial charge < -0.3 is 14.4 Å². The second-order valence-corrected chi connectivity index (χ2v) is 6.10.